The third-order valence-electron chi connectivity index (χ3n) is 7.74. The first-order valence-electron chi connectivity index (χ1n) is 12.1. The van der Waals surface area contributed by atoms with Gasteiger partial charge in [0, 0.05) is 30.0 Å². The van der Waals surface area contributed by atoms with Crippen molar-refractivity contribution in [3.63, 3.8) is 0 Å². The minimum absolute atomic E-state index is 0.0469. The fraction of sp³-hybridized carbons (Fsp3) is 0.600. The van der Waals surface area contributed by atoms with E-state index >= 15 is 0 Å². The van der Waals surface area contributed by atoms with Crippen molar-refractivity contribution < 1.29 is 12.8 Å². The maximum atomic E-state index is 14.6. The highest BCUT2D eigenvalue weighted by Crippen LogP contribution is 2.49. The zero-order valence-electron chi connectivity index (χ0n) is 19.0. The summed E-state index contributed by atoms with van der Waals surface area (Å²) in [7, 11) is -3.06. The highest BCUT2D eigenvalue weighted by Gasteiger charge is 2.49. The second kappa shape index (κ2) is 9.14. The number of fused-ring (bicyclic) bond motifs is 1. The van der Waals surface area contributed by atoms with Crippen LogP contribution in [-0.4, -0.2) is 55.1 Å². The van der Waals surface area contributed by atoms with Crippen molar-refractivity contribution in [2.75, 3.05) is 18.8 Å². The van der Waals surface area contributed by atoms with Gasteiger partial charge in [0.05, 0.1) is 22.6 Å². The van der Waals surface area contributed by atoms with Crippen LogP contribution in [0.1, 0.15) is 51.0 Å². The number of sulfone groups is 1. The molecule has 8 heteroatoms. The Morgan fingerprint density at radius 3 is 2.61 bits per heavy atom. The average Bonchev–Trinajstić information content (AvgIpc) is 2.83. The van der Waals surface area contributed by atoms with Gasteiger partial charge in [-0.3, -0.25) is 4.99 Å². The van der Waals surface area contributed by atoms with Gasteiger partial charge < -0.3 is 4.90 Å². The Morgan fingerprint density at radius 2 is 1.91 bits per heavy atom. The van der Waals surface area contributed by atoms with Crippen LogP contribution in [0.2, 0.25) is 0 Å². The first-order chi connectivity index (χ1) is 15.9. The van der Waals surface area contributed by atoms with Crippen LogP contribution in [0, 0.1) is 23.6 Å². The minimum Gasteiger partial charge on any atom is -0.360 e. The van der Waals surface area contributed by atoms with Crippen LogP contribution in [0.5, 0.6) is 0 Å². The molecule has 1 aromatic rings. The first kappa shape index (κ1) is 23.0. The van der Waals surface area contributed by atoms with E-state index in [0.29, 0.717) is 37.3 Å². The first-order valence-corrected chi connectivity index (χ1v) is 14.2. The van der Waals surface area contributed by atoms with Crippen molar-refractivity contribution in [1.82, 2.24) is 4.90 Å². The van der Waals surface area contributed by atoms with Gasteiger partial charge >= 0.3 is 0 Å². The van der Waals surface area contributed by atoms with Gasteiger partial charge in [-0.1, -0.05) is 43.2 Å². The molecule has 0 N–H and O–H groups in total. The molecule has 1 saturated carbocycles. The molecule has 5 aliphatic rings. The SMILES string of the molecule is CCCCS(=O)(=O)C1CCN(C2=NC(c3ccccc3F)=NC3C4CCC(C=C4Cl)C23)CC1. The zero-order valence-corrected chi connectivity index (χ0v) is 20.5. The molecule has 6 rings (SSSR count). The summed E-state index contributed by atoms with van der Waals surface area (Å²) in [5.74, 6) is 1.84. The van der Waals surface area contributed by atoms with Gasteiger partial charge in [-0.25, -0.2) is 17.8 Å². The van der Waals surface area contributed by atoms with Crippen LogP contribution >= 0.6 is 11.6 Å². The summed E-state index contributed by atoms with van der Waals surface area (Å²) < 4.78 is 40.1. The fourth-order valence-corrected chi connectivity index (χ4v) is 8.27. The van der Waals surface area contributed by atoms with E-state index in [1.54, 1.807) is 18.2 Å². The Kier molecular flexibility index (Phi) is 6.38. The standard InChI is InChI=1S/C25H31ClFN3O2S/c1-2-3-14-33(31,32)17-10-12-30(13-11-17)25-22-16-8-9-18(20(26)15-16)23(22)28-24(29-25)19-6-4-5-7-21(19)27/h4-7,15-18,22-23H,2-3,8-14H2,1H3. The third kappa shape index (κ3) is 4.27. The summed E-state index contributed by atoms with van der Waals surface area (Å²) in [4.78, 5) is 12.1. The van der Waals surface area contributed by atoms with Crippen molar-refractivity contribution >= 4 is 33.1 Å². The Morgan fingerprint density at radius 1 is 1.15 bits per heavy atom. The molecule has 0 amide bonds. The van der Waals surface area contributed by atoms with Gasteiger partial charge in [0.15, 0.2) is 15.7 Å². The molecule has 0 radical (unpaired) electrons. The molecule has 4 unspecified atom stereocenters. The number of allylic oxidation sites excluding steroid dienone is 1. The average molecular weight is 492 g/mol. The summed E-state index contributed by atoms with van der Waals surface area (Å²) in [5.41, 5.74) is 0.409. The number of rotatable bonds is 5. The molecular weight excluding hydrogens is 461 g/mol. The highest BCUT2D eigenvalue weighted by atomic mass is 35.5. The number of hydrogen-bond donors (Lipinski definition) is 0. The lowest BCUT2D eigenvalue weighted by molar-refractivity contribution is 0.206. The van der Waals surface area contributed by atoms with Crippen molar-refractivity contribution in [1.29, 1.82) is 0 Å². The molecule has 178 valence electrons. The normalized spacial score (nSPS) is 29.9. The third-order valence-corrected chi connectivity index (χ3v) is 10.5. The van der Waals surface area contributed by atoms with E-state index < -0.39 is 9.84 Å². The molecule has 3 aliphatic carbocycles. The summed E-state index contributed by atoms with van der Waals surface area (Å²) in [6, 6.07) is 6.58. The van der Waals surface area contributed by atoms with E-state index in [0.717, 1.165) is 36.6 Å². The van der Waals surface area contributed by atoms with Crippen molar-refractivity contribution in [3.05, 3.63) is 46.8 Å². The molecule has 33 heavy (non-hydrogen) atoms. The monoisotopic (exact) mass is 491 g/mol. The summed E-state index contributed by atoms with van der Waals surface area (Å²) >= 11 is 6.60. The van der Waals surface area contributed by atoms with E-state index in [2.05, 4.69) is 11.0 Å². The van der Waals surface area contributed by atoms with Crippen molar-refractivity contribution in [2.45, 2.75) is 56.7 Å². The van der Waals surface area contributed by atoms with Gasteiger partial charge in [-0.05, 0) is 50.2 Å². The summed E-state index contributed by atoms with van der Waals surface area (Å²) in [6.07, 6.45) is 7.02. The van der Waals surface area contributed by atoms with Gasteiger partial charge in [-0.15, -0.1) is 0 Å². The number of hydrogen-bond acceptors (Lipinski definition) is 5. The lowest BCUT2D eigenvalue weighted by atomic mass is 9.64. The van der Waals surface area contributed by atoms with Gasteiger partial charge in [0.1, 0.15) is 11.7 Å². The minimum atomic E-state index is -3.06. The van der Waals surface area contributed by atoms with Gasteiger partial charge in [0.25, 0.3) is 0 Å². The lowest BCUT2D eigenvalue weighted by Crippen LogP contribution is -2.55. The number of halogens is 2. The number of nitrogens with zero attached hydrogens (tertiary/aromatic N) is 3. The number of piperidine rings is 1. The maximum absolute atomic E-state index is 14.6. The van der Waals surface area contributed by atoms with Gasteiger partial charge in [-0.2, -0.15) is 0 Å². The number of amidine groups is 2. The smallest absolute Gasteiger partial charge is 0.159 e. The molecule has 2 aliphatic heterocycles. The van der Waals surface area contributed by atoms with Crippen LogP contribution in [0.4, 0.5) is 4.39 Å². The molecule has 4 atom stereocenters. The molecule has 0 aromatic heterocycles. The van der Waals surface area contributed by atoms with E-state index in [1.165, 1.54) is 6.07 Å². The fourth-order valence-electron chi connectivity index (χ4n) is 5.92. The van der Waals surface area contributed by atoms with Crippen LogP contribution in [0.25, 0.3) is 0 Å². The Labute approximate surface area is 200 Å². The zero-order chi connectivity index (χ0) is 23.2. The van der Waals surface area contributed by atoms with E-state index in [4.69, 9.17) is 21.6 Å². The molecule has 2 bridgehead atoms. The molecule has 2 heterocycles. The van der Waals surface area contributed by atoms with Crippen LogP contribution < -0.4 is 0 Å². The molecular formula is C25H31ClFN3O2S. The highest BCUT2D eigenvalue weighted by molar-refractivity contribution is 7.92. The Hall–Kier alpha value is -1.73. The second-order valence-electron chi connectivity index (χ2n) is 9.73. The lowest BCUT2D eigenvalue weighted by Gasteiger charge is -2.49. The number of aliphatic imine (C=N–C) groups is 2. The topological polar surface area (TPSA) is 62.1 Å². The summed E-state index contributed by atoms with van der Waals surface area (Å²) in [6.45, 7) is 3.32. The van der Waals surface area contributed by atoms with Crippen LogP contribution in [0.15, 0.2) is 45.4 Å². The summed E-state index contributed by atoms with van der Waals surface area (Å²) in [5, 5.41) is 0.586. The van der Waals surface area contributed by atoms with Crippen molar-refractivity contribution in [3.8, 4) is 0 Å². The molecule has 5 nitrogen and oxygen atoms in total. The number of benzene rings is 1. The predicted molar refractivity (Wildman–Crippen MR) is 131 cm³/mol. The largest absolute Gasteiger partial charge is 0.360 e. The molecule has 2 fully saturated rings. The Balaban J connectivity index is 1.45. The van der Waals surface area contributed by atoms with E-state index in [1.807, 2.05) is 6.92 Å². The number of likely N-dealkylation sites (tertiary alicyclic amines) is 1. The Bertz CT molecular complexity index is 1110. The maximum Gasteiger partial charge on any atom is 0.159 e. The molecule has 1 aromatic carbocycles. The second-order valence-corrected chi connectivity index (χ2v) is 12.6. The quantitative estimate of drug-likeness (QED) is 0.593. The number of unbranched alkanes of at least 4 members (excludes halogenated alkanes) is 1. The van der Waals surface area contributed by atoms with E-state index in [9.17, 15) is 12.8 Å². The predicted octanol–water partition coefficient (Wildman–Crippen LogP) is 4.81. The van der Waals surface area contributed by atoms with Crippen LogP contribution in [0.3, 0.4) is 0 Å². The molecule has 1 saturated heterocycles. The van der Waals surface area contributed by atoms with Crippen molar-refractivity contribution in [2.24, 2.45) is 27.7 Å². The molecule has 0 spiro atoms. The van der Waals surface area contributed by atoms with Crippen LogP contribution in [-0.2, 0) is 9.84 Å². The van der Waals surface area contributed by atoms with E-state index in [-0.39, 0.29) is 40.6 Å². The van der Waals surface area contributed by atoms with Gasteiger partial charge in [0.2, 0.25) is 0 Å².